The van der Waals surface area contributed by atoms with Gasteiger partial charge in [0.25, 0.3) is 0 Å². The Hall–Kier alpha value is -0.590. The third-order valence-electron chi connectivity index (χ3n) is 2.16. The molecule has 0 saturated heterocycles. The zero-order chi connectivity index (χ0) is 10.3. The van der Waals surface area contributed by atoms with Gasteiger partial charge in [0.1, 0.15) is 0 Å². The second-order valence-electron chi connectivity index (χ2n) is 3.05. The van der Waals surface area contributed by atoms with Crippen LogP contribution in [0.1, 0.15) is 12.0 Å². The molecule has 0 aliphatic carbocycles. The predicted octanol–water partition coefficient (Wildman–Crippen LogP) is 2.60. The number of aromatic hydroxyl groups is 1. The molecule has 0 spiro atoms. The molecule has 0 aromatic heterocycles. The minimum atomic E-state index is -1.23. The number of phenolic OH excluding ortho intramolecular Hbond substituents is 1. The molecule has 0 bridgehead atoms. The van der Waals surface area contributed by atoms with Gasteiger partial charge in [0.05, 0.1) is 10.2 Å². The molecule has 0 amide bonds. The number of hydrogen-bond acceptors (Lipinski definition) is 2. The smallest absolute Gasteiger partial charge is 0.205 e. The van der Waals surface area contributed by atoms with Crippen LogP contribution < -0.4 is 4.74 Å². The van der Waals surface area contributed by atoms with Crippen LogP contribution in [-0.4, -0.2) is 11.7 Å². The molecule has 2 nitrogen and oxygen atoms in total. The van der Waals surface area contributed by atoms with Gasteiger partial charge in [0.2, 0.25) is 11.6 Å². The summed E-state index contributed by atoms with van der Waals surface area (Å²) in [5, 5.41) is 9.27. The zero-order valence-corrected chi connectivity index (χ0v) is 9.27. The summed E-state index contributed by atoms with van der Waals surface area (Å²) >= 11 is 1.79. The first-order valence-corrected chi connectivity index (χ1v) is 5.22. The number of benzene rings is 1. The molecule has 1 aromatic rings. The van der Waals surface area contributed by atoms with Gasteiger partial charge in [-0.2, -0.15) is 8.78 Å². The SMILES string of the molecule is Oc1c(F)c(F)c2c(c1I)CCCO2. The Labute approximate surface area is 93.0 Å². The quantitative estimate of drug-likeness (QED) is 0.589. The molecular formula is C9H7F2IO2. The summed E-state index contributed by atoms with van der Waals surface area (Å²) in [6.45, 7) is 0.393. The van der Waals surface area contributed by atoms with E-state index in [-0.39, 0.29) is 5.75 Å². The average Bonchev–Trinajstić information content (AvgIpc) is 2.23. The number of rotatable bonds is 0. The lowest BCUT2D eigenvalue weighted by molar-refractivity contribution is 0.263. The summed E-state index contributed by atoms with van der Waals surface area (Å²) < 4.78 is 31.7. The van der Waals surface area contributed by atoms with Crippen LogP contribution in [0.3, 0.4) is 0 Å². The molecule has 0 unspecified atom stereocenters. The van der Waals surface area contributed by atoms with Gasteiger partial charge in [-0.15, -0.1) is 0 Å². The Bertz CT molecular complexity index is 356. The molecule has 1 N–H and O–H groups in total. The van der Waals surface area contributed by atoms with Crippen molar-refractivity contribution in [2.75, 3.05) is 6.61 Å². The van der Waals surface area contributed by atoms with Gasteiger partial charge < -0.3 is 9.84 Å². The number of halogens is 3. The van der Waals surface area contributed by atoms with Crippen molar-refractivity contribution in [1.82, 2.24) is 0 Å². The van der Waals surface area contributed by atoms with E-state index in [1.807, 2.05) is 0 Å². The third-order valence-corrected chi connectivity index (χ3v) is 3.33. The Balaban J connectivity index is 2.71. The van der Waals surface area contributed by atoms with Crippen LogP contribution in [0.5, 0.6) is 11.5 Å². The summed E-state index contributed by atoms with van der Waals surface area (Å²) in [4.78, 5) is 0. The van der Waals surface area contributed by atoms with Crippen molar-refractivity contribution in [3.05, 3.63) is 20.8 Å². The Morgan fingerprint density at radius 3 is 2.71 bits per heavy atom. The lowest BCUT2D eigenvalue weighted by atomic mass is 10.1. The standard InChI is InChI=1S/C9H7F2IO2/c10-5-6(11)9-4(2-1-3-14-9)7(12)8(5)13/h13H,1-3H2. The lowest BCUT2D eigenvalue weighted by Gasteiger charge is -2.20. The van der Waals surface area contributed by atoms with Crippen LogP contribution in [-0.2, 0) is 6.42 Å². The molecule has 0 fully saturated rings. The molecule has 2 rings (SSSR count). The fourth-order valence-electron chi connectivity index (χ4n) is 1.47. The second-order valence-corrected chi connectivity index (χ2v) is 4.13. The first-order chi connectivity index (χ1) is 6.63. The molecular weight excluding hydrogens is 305 g/mol. The highest BCUT2D eigenvalue weighted by molar-refractivity contribution is 14.1. The Kier molecular flexibility index (Phi) is 2.50. The molecule has 5 heteroatoms. The van der Waals surface area contributed by atoms with E-state index < -0.39 is 17.4 Å². The first kappa shape index (κ1) is 9.95. The normalized spacial score (nSPS) is 14.8. The van der Waals surface area contributed by atoms with Crippen LogP contribution in [0.4, 0.5) is 8.78 Å². The van der Waals surface area contributed by atoms with E-state index in [1.54, 1.807) is 22.6 Å². The van der Waals surface area contributed by atoms with E-state index in [9.17, 15) is 13.9 Å². The van der Waals surface area contributed by atoms with Crippen LogP contribution in [0, 0.1) is 15.2 Å². The van der Waals surface area contributed by atoms with Crippen molar-refractivity contribution < 1.29 is 18.6 Å². The zero-order valence-electron chi connectivity index (χ0n) is 7.11. The Morgan fingerprint density at radius 1 is 1.29 bits per heavy atom. The van der Waals surface area contributed by atoms with E-state index in [0.29, 0.717) is 22.2 Å². The third kappa shape index (κ3) is 1.34. The lowest BCUT2D eigenvalue weighted by Crippen LogP contribution is -2.12. The minimum Gasteiger partial charge on any atom is -0.504 e. The fourth-order valence-corrected chi connectivity index (χ4v) is 2.22. The van der Waals surface area contributed by atoms with Gasteiger partial charge in [0, 0.05) is 5.56 Å². The van der Waals surface area contributed by atoms with Crippen LogP contribution >= 0.6 is 22.6 Å². The predicted molar refractivity (Wildman–Crippen MR) is 54.6 cm³/mol. The van der Waals surface area contributed by atoms with Gasteiger partial charge in [-0.1, -0.05) is 0 Å². The summed E-state index contributed by atoms with van der Waals surface area (Å²) in [6, 6.07) is 0. The highest BCUT2D eigenvalue weighted by Crippen LogP contribution is 2.39. The van der Waals surface area contributed by atoms with Crippen molar-refractivity contribution in [3.8, 4) is 11.5 Å². The molecule has 0 radical (unpaired) electrons. The average molecular weight is 312 g/mol. The monoisotopic (exact) mass is 312 g/mol. The highest BCUT2D eigenvalue weighted by Gasteiger charge is 2.26. The molecule has 0 atom stereocenters. The van der Waals surface area contributed by atoms with Gasteiger partial charge in [-0.3, -0.25) is 0 Å². The number of ether oxygens (including phenoxy) is 1. The maximum Gasteiger partial charge on any atom is 0.205 e. The van der Waals surface area contributed by atoms with E-state index in [1.165, 1.54) is 0 Å². The second kappa shape index (κ2) is 3.52. The van der Waals surface area contributed by atoms with Crippen molar-refractivity contribution >= 4 is 22.6 Å². The summed E-state index contributed by atoms with van der Waals surface area (Å²) in [5.74, 6) is -2.98. The number of fused-ring (bicyclic) bond motifs is 1. The van der Waals surface area contributed by atoms with Crippen molar-refractivity contribution in [3.63, 3.8) is 0 Å². The molecule has 1 aliphatic heterocycles. The first-order valence-electron chi connectivity index (χ1n) is 4.14. The van der Waals surface area contributed by atoms with E-state index in [4.69, 9.17) is 4.74 Å². The van der Waals surface area contributed by atoms with Crippen LogP contribution in [0.15, 0.2) is 0 Å². The van der Waals surface area contributed by atoms with Gasteiger partial charge >= 0.3 is 0 Å². The summed E-state index contributed by atoms with van der Waals surface area (Å²) in [7, 11) is 0. The summed E-state index contributed by atoms with van der Waals surface area (Å²) in [5.41, 5.74) is 0.563. The van der Waals surface area contributed by atoms with Crippen molar-refractivity contribution in [2.24, 2.45) is 0 Å². The maximum atomic E-state index is 13.3. The fraction of sp³-hybridized carbons (Fsp3) is 0.333. The summed E-state index contributed by atoms with van der Waals surface area (Å²) in [6.07, 6.45) is 1.37. The number of phenols is 1. The van der Waals surface area contributed by atoms with E-state index in [0.717, 1.165) is 6.42 Å². The molecule has 1 aromatic carbocycles. The van der Waals surface area contributed by atoms with Crippen LogP contribution in [0.25, 0.3) is 0 Å². The van der Waals surface area contributed by atoms with E-state index >= 15 is 0 Å². The molecule has 1 aliphatic rings. The Morgan fingerprint density at radius 2 is 2.00 bits per heavy atom. The highest BCUT2D eigenvalue weighted by atomic mass is 127. The molecule has 1 heterocycles. The largest absolute Gasteiger partial charge is 0.504 e. The van der Waals surface area contributed by atoms with Crippen LogP contribution in [0.2, 0.25) is 0 Å². The van der Waals surface area contributed by atoms with Crippen molar-refractivity contribution in [1.29, 1.82) is 0 Å². The van der Waals surface area contributed by atoms with Gasteiger partial charge in [-0.05, 0) is 35.4 Å². The van der Waals surface area contributed by atoms with E-state index in [2.05, 4.69) is 0 Å². The minimum absolute atomic E-state index is 0.0454. The van der Waals surface area contributed by atoms with Crippen molar-refractivity contribution in [2.45, 2.75) is 12.8 Å². The molecule has 76 valence electrons. The van der Waals surface area contributed by atoms with Gasteiger partial charge in [-0.25, -0.2) is 0 Å². The number of hydrogen-bond donors (Lipinski definition) is 1. The van der Waals surface area contributed by atoms with Gasteiger partial charge in [0.15, 0.2) is 11.5 Å². The molecule has 0 saturated carbocycles. The maximum absolute atomic E-state index is 13.3. The molecule has 14 heavy (non-hydrogen) atoms. The topological polar surface area (TPSA) is 29.5 Å².